The van der Waals surface area contributed by atoms with Gasteiger partial charge in [-0.1, -0.05) is 12.1 Å². The number of non-ortho nitro benzene ring substituents is 1. The van der Waals surface area contributed by atoms with Gasteiger partial charge in [0.2, 0.25) is 5.52 Å². The molecule has 3 aromatic rings. The van der Waals surface area contributed by atoms with Crippen molar-refractivity contribution < 1.29 is 13.9 Å². The summed E-state index contributed by atoms with van der Waals surface area (Å²) in [5, 5.41) is 21.2. The van der Waals surface area contributed by atoms with E-state index in [0.717, 1.165) is 5.56 Å². The zero-order chi connectivity index (χ0) is 15.7. The number of nitro groups is 1. The maximum atomic E-state index is 13.5. The summed E-state index contributed by atoms with van der Waals surface area (Å²) in [5.74, 6) is -0.281. The molecule has 0 spiro atoms. The molecule has 0 fully saturated rings. The Bertz CT molecular complexity index is 862. The average molecular weight is 302 g/mol. The number of hydrogen-bond acceptors (Lipinski definition) is 6. The SMILES string of the molecule is Cc1ccc(CNc2ccc([N+](=O)[O-])c3nonc23)cc1F. The van der Waals surface area contributed by atoms with E-state index >= 15 is 0 Å². The second-order valence-corrected chi connectivity index (χ2v) is 4.79. The molecule has 3 rings (SSSR count). The van der Waals surface area contributed by atoms with Crippen LogP contribution in [-0.4, -0.2) is 15.2 Å². The van der Waals surface area contributed by atoms with E-state index < -0.39 is 4.92 Å². The molecule has 0 radical (unpaired) electrons. The minimum absolute atomic E-state index is 0.0742. The number of fused-ring (bicyclic) bond motifs is 1. The summed E-state index contributed by atoms with van der Waals surface area (Å²) >= 11 is 0. The first-order chi connectivity index (χ1) is 10.6. The molecule has 1 heterocycles. The molecule has 0 bridgehead atoms. The van der Waals surface area contributed by atoms with Crippen molar-refractivity contribution in [2.24, 2.45) is 0 Å². The first kappa shape index (κ1) is 13.9. The smallest absolute Gasteiger partial charge is 0.300 e. The molecule has 0 saturated heterocycles. The van der Waals surface area contributed by atoms with Crippen molar-refractivity contribution in [3.8, 4) is 0 Å². The zero-order valence-corrected chi connectivity index (χ0v) is 11.5. The van der Waals surface area contributed by atoms with Crippen LogP contribution < -0.4 is 5.32 Å². The molecule has 1 N–H and O–H groups in total. The molecule has 7 nitrogen and oxygen atoms in total. The predicted octanol–water partition coefficient (Wildman–Crippen LogP) is 3.19. The van der Waals surface area contributed by atoms with Gasteiger partial charge in [-0.25, -0.2) is 9.02 Å². The van der Waals surface area contributed by atoms with Gasteiger partial charge < -0.3 is 5.32 Å². The first-order valence-corrected chi connectivity index (χ1v) is 6.45. The third-order valence-electron chi connectivity index (χ3n) is 3.31. The maximum absolute atomic E-state index is 13.5. The Labute approximate surface area is 123 Å². The number of hydrogen-bond donors (Lipinski definition) is 1. The number of rotatable bonds is 4. The number of nitrogens with zero attached hydrogens (tertiary/aromatic N) is 3. The van der Waals surface area contributed by atoms with E-state index in [1.54, 1.807) is 19.1 Å². The van der Waals surface area contributed by atoms with Gasteiger partial charge in [-0.05, 0) is 40.5 Å². The van der Waals surface area contributed by atoms with E-state index in [1.165, 1.54) is 18.2 Å². The van der Waals surface area contributed by atoms with Crippen LogP contribution >= 0.6 is 0 Å². The molecule has 0 aliphatic carbocycles. The van der Waals surface area contributed by atoms with Crippen LogP contribution in [0.5, 0.6) is 0 Å². The van der Waals surface area contributed by atoms with Crippen LogP contribution in [0.3, 0.4) is 0 Å². The van der Waals surface area contributed by atoms with Crippen molar-refractivity contribution in [1.29, 1.82) is 0 Å². The lowest BCUT2D eigenvalue weighted by molar-refractivity contribution is -0.383. The number of anilines is 1. The molecule has 22 heavy (non-hydrogen) atoms. The summed E-state index contributed by atoms with van der Waals surface area (Å²) in [7, 11) is 0. The number of aromatic nitrogens is 2. The van der Waals surface area contributed by atoms with E-state index in [1.807, 2.05) is 0 Å². The standard InChI is InChI=1S/C14H11FN4O3/c1-8-2-3-9(6-10(8)15)7-16-11-4-5-12(19(20)21)14-13(11)17-22-18-14/h2-6,16H,7H2,1H3. The lowest BCUT2D eigenvalue weighted by Crippen LogP contribution is -2.01. The molecule has 1 aromatic heterocycles. The molecule has 0 aliphatic heterocycles. The molecule has 0 amide bonds. The number of nitro benzene ring substituents is 1. The largest absolute Gasteiger partial charge is 0.379 e. The Morgan fingerprint density at radius 2 is 2.05 bits per heavy atom. The van der Waals surface area contributed by atoms with Gasteiger partial charge >= 0.3 is 5.69 Å². The van der Waals surface area contributed by atoms with Crippen molar-refractivity contribution in [2.75, 3.05) is 5.32 Å². The fraction of sp³-hybridized carbons (Fsp3) is 0.143. The summed E-state index contributed by atoms with van der Waals surface area (Å²) in [6.07, 6.45) is 0. The third-order valence-corrected chi connectivity index (χ3v) is 3.31. The molecule has 0 unspecified atom stereocenters. The summed E-state index contributed by atoms with van der Waals surface area (Å²) in [6.45, 7) is 2.03. The van der Waals surface area contributed by atoms with Gasteiger partial charge in [-0.3, -0.25) is 10.1 Å². The number of halogens is 1. The Morgan fingerprint density at radius 1 is 1.27 bits per heavy atom. The van der Waals surface area contributed by atoms with E-state index in [-0.39, 0.29) is 22.5 Å². The first-order valence-electron chi connectivity index (χ1n) is 6.45. The fourth-order valence-corrected chi connectivity index (χ4v) is 2.09. The lowest BCUT2D eigenvalue weighted by Gasteiger charge is -2.07. The van der Waals surface area contributed by atoms with Gasteiger partial charge in [0.1, 0.15) is 5.82 Å². The molecule has 8 heteroatoms. The summed E-state index contributed by atoms with van der Waals surface area (Å²) in [6, 6.07) is 7.77. The average Bonchev–Trinajstić information content (AvgIpc) is 2.97. The highest BCUT2D eigenvalue weighted by Gasteiger charge is 2.19. The Kier molecular flexibility index (Phi) is 3.42. The van der Waals surface area contributed by atoms with E-state index in [0.29, 0.717) is 17.8 Å². The zero-order valence-electron chi connectivity index (χ0n) is 11.5. The minimum Gasteiger partial charge on any atom is -0.379 e. The molecule has 0 saturated carbocycles. The van der Waals surface area contributed by atoms with Crippen molar-refractivity contribution in [3.05, 3.63) is 57.4 Å². The molecule has 0 atom stereocenters. The van der Waals surface area contributed by atoms with Gasteiger partial charge in [0, 0.05) is 12.6 Å². The second-order valence-electron chi connectivity index (χ2n) is 4.79. The van der Waals surface area contributed by atoms with E-state index in [4.69, 9.17) is 0 Å². The normalized spacial score (nSPS) is 10.8. The highest BCUT2D eigenvalue weighted by atomic mass is 19.1. The van der Waals surface area contributed by atoms with E-state index in [2.05, 4.69) is 20.3 Å². The number of aryl methyl sites for hydroxylation is 1. The van der Waals surface area contributed by atoms with Crippen molar-refractivity contribution in [1.82, 2.24) is 10.3 Å². The Morgan fingerprint density at radius 3 is 2.77 bits per heavy atom. The van der Waals surface area contributed by atoms with Crippen LogP contribution in [0.25, 0.3) is 11.0 Å². The topological polar surface area (TPSA) is 94.1 Å². The van der Waals surface area contributed by atoms with Crippen LogP contribution in [-0.2, 0) is 6.54 Å². The van der Waals surface area contributed by atoms with Gasteiger partial charge in [0.25, 0.3) is 0 Å². The molecular weight excluding hydrogens is 291 g/mol. The number of nitrogens with one attached hydrogen (secondary N) is 1. The van der Waals surface area contributed by atoms with Crippen molar-refractivity contribution in [3.63, 3.8) is 0 Å². The molecule has 0 aliphatic rings. The maximum Gasteiger partial charge on any atom is 0.300 e. The van der Waals surface area contributed by atoms with Crippen LogP contribution in [0.4, 0.5) is 15.8 Å². The quantitative estimate of drug-likeness (QED) is 0.587. The monoisotopic (exact) mass is 302 g/mol. The van der Waals surface area contributed by atoms with Crippen LogP contribution in [0, 0.1) is 22.9 Å². The lowest BCUT2D eigenvalue weighted by atomic mass is 10.1. The van der Waals surface area contributed by atoms with Gasteiger partial charge in [0.15, 0.2) is 5.52 Å². The van der Waals surface area contributed by atoms with Crippen molar-refractivity contribution in [2.45, 2.75) is 13.5 Å². The summed E-state index contributed by atoms with van der Waals surface area (Å²) in [4.78, 5) is 10.4. The van der Waals surface area contributed by atoms with Crippen LogP contribution in [0.1, 0.15) is 11.1 Å². The van der Waals surface area contributed by atoms with E-state index in [9.17, 15) is 14.5 Å². The van der Waals surface area contributed by atoms with Crippen LogP contribution in [0.15, 0.2) is 35.0 Å². The molecular formula is C14H11FN4O3. The fourth-order valence-electron chi connectivity index (χ4n) is 2.09. The van der Waals surface area contributed by atoms with Crippen molar-refractivity contribution >= 4 is 22.4 Å². The highest BCUT2D eigenvalue weighted by Crippen LogP contribution is 2.29. The number of benzene rings is 2. The molecule has 112 valence electrons. The van der Waals surface area contributed by atoms with Crippen LogP contribution in [0.2, 0.25) is 0 Å². The summed E-state index contributed by atoms with van der Waals surface area (Å²) < 4.78 is 18.1. The Hall–Kier alpha value is -3.03. The second kappa shape index (κ2) is 5.40. The minimum atomic E-state index is -0.550. The third kappa shape index (κ3) is 2.46. The summed E-state index contributed by atoms with van der Waals surface area (Å²) in [5.41, 5.74) is 2.01. The van der Waals surface area contributed by atoms with Gasteiger partial charge in [-0.15, -0.1) is 0 Å². The molecule has 2 aromatic carbocycles. The highest BCUT2D eigenvalue weighted by molar-refractivity contribution is 5.93. The van der Waals surface area contributed by atoms with Gasteiger partial charge in [0.05, 0.1) is 10.6 Å². The Balaban J connectivity index is 1.88. The predicted molar refractivity (Wildman–Crippen MR) is 76.9 cm³/mol. The van der Waals surface area contributed by atoms with Gasteiger partial charge in [-0.2, -0.15) is 0 Å².